The van der Waals surface area contributed by atoms with Crippen LogP contribution in [0.5, 0.6) is 0 Å². The largest absolute Gasteiger partial charge is 0.292 e. The van der Waals surface area contributed by atoms with Gasteiger partial charge < -0.3 is 0 Å². The molecule has 0 aliphatic heterocycles. The molecule has 0 amide bonds. The molecule has 2 heterocycles. The number of rotatable bonds is 4. The smallest absolute Gasteiger partial charge is 0.145 e. The lowest BCUT2D eigenvalue weighted by molar-refractivity contribution is 1.10. The molecule has 52 heavy (non-hydrogen) atoms. The molecule has 11 rings (SSSR count). The lowest BCUT2D eigenvalue weighted by Crippen LogP contribution is -2.00. The Morgan fingerprint density at radius 3 is 1.12 bits per heavy atom. The SMILES string of the molecule is [2H]c1c([2H])c([2H])c(-n2c(-c3cccc(-c4nc5c6ccccc6c6ccccc6c5n4-c4c([2H])c([2H])c([2H])c([2H])c4[2H])c3)nc3c4ccccc4c4ccccc4c32)c([2H])c1[2H]. The number of benzene rings is 9. The van der Waals surface area contributed by atoms with Crippen LogP contribution in [-0.2, 0) is 0 Å². The van der Waals surface area contributed by atoms with Gasteiger partial charge in [0.25, 0.3) is 0 Å². The van der Waals surface area contributed by atoms with Crippen molar-refractivity contribution in [1.82, 2.24) is 19.1 Å². The first kappa shape index (κ1) is 20.6. The number of aromatic nitrogens is 4. The predicted molar refractivity (Wildman–Crippen MR) is 217 cm³/mol. The van der Waals surface area contributed by atoms with E-state index in [0.717, 1.165) is 43.1 Å². The minimum Gasteiger partial charge on any atom is -0.292 e. The maximum Gasteiger partial charge on any atom is 0.145 e. The number of para-hydroxylation sites is 2. The average molecular weight is 673 g/mol. The molecule has 9 aromatic carbocycles. The first-order valence-corrected chi connectivity index (χ1v) is 16.9. The van der Waals surface area contributed by atoms with E-state index in [1.165, 1.54) is 0 Å². The summed E-state index contributed by atoms with van der Waals surface area (Å²) in [6, 6.07) is 33.9. The van der Waals surface area contributed by atoms with Crippen LogP contribution in [0.2, 0.25) is 0 Å². The monoisotopic (exact) mass is 672 g/mol. The van der Waals surface area contributed by atoms with Gasteiger partial charge in [0.15, 0.2) is 0 Å². The lowest BCUT2D eigenvalue weighted by atomic mass is 10.00. The molecule has 0 unspecified atom stereocenters. The van der Waals surface area contributed by atoms with Gasteiger partial charge in [-0.1, -0.05) is 152 Å². The third-order valence-electron chi connectivity index (χ3n) is 9.86. The van der Waals surface area contributed by atoms with E-state index >= 15 is 0 Å². The van der Waals surface area contributed by atoms with Gasteiger partial charge in [-0.2, -0.15) is 0 Å². The average Bonchev–Trinajstić information content (AvgIpc) is 3.90. The van der Waals surface area contributed by atoms with Gasteiger partial charge in [-0.05, 0) is 51.8 Å². The van der Waals surface area contributed by atoms with E-state index in [2.05, 4.69) is 0 Å². The van der Waals surface area contributed by atoms with Gasteiger partial charge in [0.05, 0.1) is 35.8 Å². The molecule has 11 aromatic rings. The Morgan fingerprint density at radius 1 is 0.365 bits per heavy atom. The summed E-state index contributed by atoms with van der Waals surface area (Å²) in [6.45, 7) is 0. The number of nitrogens with zero attached hydrogens (tertiary/aromatic N) is 4. The molecule has 0 N–H and O–H groups in total. The van der Waals surface area contributed by atoms with Crippen molar-refractivity contribution >= 4 is 65.2 Å². The van der Waals surface area contributed by atoms with Crippen LogP contribution in [0.25, 0.3) is 99.3 Å². The Morgan fingerprint density at radius 2 is 0.712 bits per heavy atom. The van der Waals surface area contributed by atoms with E-state index < -0.39 is 60.4 Å². The van der Waals surface area contributed by atoms with Crippen molar-refractivity contribution in [2.75, 3.05) is 0 Å². The quantitative estimate of drug-likeness (QED) is 0.174. The van der Waals surface area contributed by atoms with Crippen LogP contribution in [0, 0.1) is 0 Å². The summed E-state index contributed by atoms with van der Waals surface area (Å²) in [7, 11) is 0. The van der Waals surface area contributed by atoms with Crippen molar-refractivity contribution in [3.8, 4) is 34.2 Å². The first-order chi connectivity index (χ1) is 30.0. The molecule has 0 bridgehead atoms. The molecule has 0 saturated carbocycles. The van der Waals surface area contributed by atoms with E-state index in [-0.39, 0.29) is 11.4 Å². The molecule has 0 spiro atoms. The van der Waals surface area contributed by atoms with Crippen molar-refractivity contribution in [3.63, 3.8) is 0 Å². The zero-order valence-electron chi connectivity index (χ0n) is 37.3. The normalized spacial score (nSPS) is 14.5. The van der Waals surface area contributed by atoms with Crippen LogP contribution in [0.1, 0.15) is 13.7 Å². The summed E-state index contributed by atoms with van der Waals surface area (Å²) in [5, 5.41) is 6.83. The Labute approximate surface area is 313 Å². The molecule has 0 aliphatic carbocycles. The van der Waals surface area contributed by atoms with Gasteiger partial charge >= 0.3 is 0 Å². The number of hydrogen-bond donors (Lipinski definition) is 0. The molecule has 242 valence electrons. The standard InChI is InChI=1S/C48H30N4/c1-3-18-33(19-4-1)51-45-41-28-13-9-24-37(41)35-22-7-11-26-39(35)43(45)49-47(51)31-16-15-17-32(30-31)48-50-44-40-27-12-8-23-36(40)38-25-10-14-29-42(38)46(44)52(48)34-20-5-2-6-21-34/h1-30H/i1D,2D,3D,4D,5D,6D,18D,19D,20D,21D. The van der Waals surface area contributed by atoms with Gasteiger partial charge in [-0.15, -0.1) is 0 Å². The third-order valence-corrected chi connectivity index (χ3v) is 9.86. The Bertz CT molecular complexity index is 3480. The van der Waals surface area contributed by atoms with E-state index in [1.807, 2.05) is 115 Å². The molecule has 4 nitrogen and oxygen atoms in total. The molecule has 0 fully saturated rings. The third kappa shape index (κ3) is 4.15. The van der Waals surface area contributed by atoms with Crippen LogP contribution in [-0.4, -0.2) is 19.1 Å². The highest BCUT2D eigenvalue weighted by atomic mass is 15.1. The summed E-state index contributed by atoms with van der Waals surface area (Å²) in [4.78, 5) is 10.5. The fourth-order valence-corrected chi connectivity index (χ4v) is 7.74. The summed E-state index contributed by atoms with van der Waals surface area (Å²) >= 11 is 0. The maximum absolute atomic E-state index is 9.19. The second-order valence-corrected chi connectivity index (χ2v) is 12.6. The summed E-state index contributed by atoms with van der Waals surface area (Å²) in [6.07, 6.45) is 0. The topological polar surface area (TPSA) is 35.6 Å². The first-order valence-electron chi connectivity index (χ1n) is 21.9. The number of imidazole rings is 2. The Balaban J connectivity index is 1.29. The lowest BCUT2D eigenvalue weighted by Gasteiger charge is -2.14. The molecule has 0 saturated heterocycles. The Hall–Kier alpha value is -7.04. The van der Waals surface area contributed by atoms with Gasteiger partial charge in [0.1, 0.15) is 11.6 Å². The van der Waals surface area contributed by atoms with Crippen molar-refractivity contribution in [2.45, 2.75) is 0 Å². The van der Waals surface area contributed by atoms with Gasteiger partial charge in [-0.25, -0.2) is 9.97 Å². The molecule has 0 aliphatic rings. The van der Waals surface area contributed by atoms with Crippen molar-refractivity contribution in [1.29, 1.82) is 0 Å². The van der Waals surface area contributed by atoms with Crippen molar-refractivity contribution in [2.24, 2.45) is 0 Å². The molecule has 2 aromatic heterocycles. The minimum absolute atomic E-state index is 0.0661. The van der Waals surface area contributed by atoms with E-state index in [9.17, 15) is 5.48 Å². The van der Waals surface area contributed by atoms with E-state index in [4.69, 9.17) is 18.2 Å². The number of fused-ring (bicyclic) bond motifs is 12. The van der Waals surface area contributed by atoms with Crippen LogP contribution in [0.15, 0.2) is 182 Å². The van der Waals surface area contributed by atoms with Gasteiger partial charge in [-0.3, -0.25) is 9.13 Å². The fraction of sp³-hybridized carbons (Fsp3) is 0. The van der Waals surface area contributed by atoms with Crippen LogP contribution in [0.3, 0.4) is 0 Å². The summed E-state index contributed by atoms with van der Waals surface area (Å²) in [5.41, 5.74) is 3.13. The molecular weight excluding hydrogens is 633 g/mol. The molecule has 4 heteroatoms. The summed E-state index contributed by atoms with van der Waals surface area (Å²) in [5.74, 6) is 0.589. The van der Waals surface area contributed by atoms with Crippen LogP contribution >= 0.6 is 0 Å². The van der Waals surface area contributed by atoms with Crippen molar-refractivity contribution < 1.29 is 13.7 Å². The van der Waals surface area contributed by atoms with Crippen LogP contribution in [0.4, 0.5) is 0 Å². The fourth-order valence-electron chi connectivity index (χ4n) is 7.74. The zero-order chi connectivity index (χ0) is 42.9. The zero-order valence-corrected chi connectivity index (χ0v) is 27.3. The molecular formula is C48H30N4. The van der Waals surface area contributed by atoms with Crippen LogP contribution < -0.4 is 0 Å². The Kier molecular flexibility index (Phi) is 4.45. The highest BCUT2D eigenvalue weighted by molar-refractivity contribution is 6.25. The van der Waals surface area contributed by atoms with Crippen molar-refractivity contribution in [3.05, 3.63) is 182 Å². The van der Waals surface area contributed by atoms with Gasteiger partial charge in [0.2, 0.25) is 0 Å². The van der Waals surface area contributed by atoms with E-state index in [0.29, 0.717) is 44.8 Å². The van der Waals surface area contributed by atoms with Gasteiger partial charge in [0, 0.05) is 44.0 Å². The second kappa shape index (κ2) is 11.2. The predicted octanol–water partition coefficient (Wildman–Crippen LogP) is 12.3. The maximum atomic E-state index is 9.19. The molecule has 0 radical (unpaired) electrons. The second-order valence-electron chi connectivity index (χ2n) is 12.6. The molecule has 0 atom stereocenters. The summed E-state index contributed by atoms with van der Waals surface area (Å²) < 4.78 is 91.7. The highest BCUT2D eigenvalue weighted by Gasteiger charge is 2.23. The highest BCUT2D eigenvalue weighted by Crippen LogP contribution is 2.42. The van der Waals surface area contributed by atoms with E-state index in [1.54, 1.807) is 15.2 Å². The minimum atomic E-state index is -0.515. The number of hydrogen-bond acceptors (Lipinski definition) is 2.